The van der Waals surface area contributed by atoms with E-state index in [4.69, 9.17) is 10.8 Å². The van der Waals surface area contributed by atoms with Crippen LogP contribution in [0.1, 0.15) is 9.67 Å². The molecule has 4 nitrogen and oxygen atoms in total. The van der Waals surface area contributed by atoms with E-state index in [1.165, 1.54) is 0 Å². The molecule has 0 bridgehead atoms. The van der Waals surface area contributed by atoms with Crippen molar-refractivity contribution >= 4 is 35.7 Å². The maximum absolute atomic E-state index is 11.7. The number of Topliss-reactive ketones (excluding diaryl/α,β-unsaturated/α-hetero) is 1. The van der Waals surface area contributed by atoms with Gasteiger partial charge in [-0.15, -0.1) is 11.3 Å². The largest absolute Gasteiger partial charge is 0.480 e. The summed E-state index contributed by atoms with van der Waals surface area (Å²) in [5, 5.41) is 10.5. The Morgan fingerprint density at radius 1 is 1.64 bits per heavy atom. The quantitative estimate of drug-likeness (QED) is 0.403. The van der Waals surface area contributed by atoms with Crippen LogP contribution in [-0.4, -0.2) is 28.2 Å². The molecule has 3 N–H and O–H groups in total. The molecule has 0 saturated heterocycles. The van der Waals surface area contributed by atoms with Crippen LogP contribution in [0.5, 0.6) is 0 Å². The van der Waals surface area contributed by atoms with E-state index in [1.807, 2.05) is 0 Å². The molecule has 0 amide bonds. The molecule has 1 aromatic rings. The summed E-state index contributed by atoms with van der Waals surface area (Å²) in [6.45, 7) is 0. The molecule has 0 spiro atoms. The molecule has 1 unspecified atom stereocenters. The standard InChI is InChI=1S/C8H9NO3S2/c9-8(4-13,7(11)12)6(10)5-2-1-3-14-5/h1-3,13H,4,9H2,(H,11,12). The highest BCUT2D eigenvalue weighted by Crippen LogP contribution is 2.17. The van der Waals surface area contributed by atoms with E-state index in [0.717, 1.165) is 11.3 Å². The Kier molecular flexibility index (Phi) is 3.30. The van der Waals surface area contributed by atoms with Crippen LogP contribution in [0.3, 0.4) is 0 Å². The Balaban J connectivity index is 3.03. The molecule has 1 atom stereocenters. The topological polar surface area (TPSA) is 80.4 Å². The Labute approximate surface area is 90.1 Å². The summed E-state index contributed by atoms with van der Waals surface area (Å²) in [6.07, 6.45) is 0. The fourth-order valence-electron chi connectivity index (χ4n) is 0.864. The average molecular weight is 231 g/mol. The number of hydrogen-bond acceptors (Lipinski definition) is 5. The normalized spacial score (nSPS) is 14.7. The fraction of sp³-hybridized carbons (Fsp3) is 0.250. The lowest BCUT2D eigenvalue weighted by atomic mass is 9.97. The summed E-state index contributed by atoms with van der Waals surface area (Å²) in [7, 11) is 0. The molecule has 76 valence electrons. The number of nitrogens with two attached hydrogens (primary N) is 1. The molecule has 1 aromatic heterocycles. The predicted octanol–water partition coefficient (Wildman–Crippen LogP) is 0.643. The summed E-state index contributed by atoms with van der Waals surface area (Å²) < 4.78 is 0. The second-order valence-corrected chi connectivity index (χ2v) is 4.00. The van der Waals surface area contributed by atoms with Gasteiger partial charge in [-0.05, 0) is 11.4 Å². The van der Waals surface area contributed by atoms with E-state index in [1.54, 1.807) is 17.5 Å². The Bertz CT molecular complexity index is 349. The minimum atomic E-state index is -1.92. The summed E-state index contributed by atoms with van der Waals surface area (Å²) >= 11 is 4.95. The smallest absolute Gasteiger partial charge is 0.332 e. The molecule has 0 saturated carbocycles. The van der Waals surface area contributed by atoms with Crippen LogP contribution in [0.25, 0.3) is 0 Å². The third-order valence-electron chi connectivity index (χ3n) is 1.78. The first-order chi connectivity index (χ1) is 6.52. The van der Waals surface area contributed by atoms with Gasteiger partial charge >= 0.3 is 5.97 Å². The average Bonchev–Trinajstić information content (AvgIpc) is 2.67. The Morgan fingerprint density at radius 2 is 2.29 bits per heavy atom. The van der Waals surface area contributed by atoms with Crippen LogP contribution in [-0.2, 0) is 4.79 Å². The number of carbonyl (C=O) groups is 2. The zero-order valence-electron chi connectivity index (χ0n) is 7.14. The SMILES string of the molecule is NC(CS)(C(=O)O)C(=O)c1cccs1. The highest BCUT2D eigenvalue weighted by molar-refractivity contribution is 7.80. The minimum absolute atomic E-state index is 0.223. The molecule has 1 rings (SSSR count). The van der Waals surface area contributed by atoms with Gasteiger partial charge in [-0.25, -0.2) is 4.79 Å². The van der Waals surface area contributed by atoms with Gasteiger partial charge in [-0.2, -0.15) is 12.6 Å². The first-order valence-electron chi connectivity index (χ1n) is 3.74. The summed E-state index contributed by atoms with van der Waals surface area (Å²) in [5.74, 6) is -2.18. The van der Waals surface area contributed by atoms with Gasteiger partial charge in [0.25, 0.3) is 0 Å². The first kappa shape index (κ1) is 11.2. The molecular formula is C8H9NO3S2. The molecule has 0 aliphatic rings. The van der Waals surface area contributed by atoms with Gasteiger partial charge < -0.3 is 10.8 Å². The van der Waals surface area contributed by atoms with E-state index >= 15 is 0 Å². The third kappa shape index (κ3) is 1.82. The molecular weight excluding hydrogens is 222 g/mol. The maximum atomic E-state index is 11.7. The number of ketones is 1. The molecule has 0 aliphatic carbocycles. The zero-order chi connectivity index (χ0) is 10.8. The fourth-order valence-corrected chi connectivity index (χ4v) is 1.89. The molecule has 1 heterocycles. The molecule has 14 heavy (non-hydrogen) atoms. The second kappa shape index (κ2) is 4.12. The van der Waals surface area contributed by atoms with Crippen molar-refractivity contribution in [3.8, 4) is 0 Å². The number of hydrogen-bond donors (Lipinski definition) is 3. The number of aliphatic carboxylic acids is 1. The van der Waals surface area contributed by atoms with Crippen molar-refractivity contribution in [1.29, 1.82) is 0 Å². The molecule has 6 heteroatoms. The Morgan fingerprint density at radius 3 is 2.64 bits per heavy atom. The second-order valence-electron chi connectivity index (χ2n) is 2.74. The zero-order valence-corrected chi connectivity index (χ0v) is 8.85. The van der Waals surface area contributed by atoms with E-state index < -0.39 is 17.3 Å². The highest BCUT2D eigenvalue weighted by Gasteiger charge is 2.41. The van der Waals surface area contributed by atoms with Gasteiger partial charge in [0.1, 0.15) is 0 Å². The van der Waals surface area contributed by atoms with Crippen molar-refractivity contribution < 1.29 is 14.7 Å². The molecule has 0 aromatic carbocycles. The maximum Gasteiger partial charge on any atom is 0.332 e. The van der Waals surface area contributed by atoms with Crippen LogP contribution >= 0.6 is 24.0 Å². The van der Waals surface area contributed by atoms with E-state index in [9.17, 15) is 9.59 Å². The predicted molar refractivity (Wildman–Crippen MR) is 57.1 cm³/mol. The first-order valence-corrected chi connectivity index (χ1v) is 5.25. The molecule has 0 radical (unpaired) electrons. The van der Waals surface area contributed by atoms with Crippen molar-refractivity contribution in [1.82, 2.24) is 0 Å². The van der Waals surface area contributed by atoms with Crippen LogP contribution in [0, 0.1) is 0 Å². The van der Waals surface area contributed by atoms with E-state index in [-0.39, 0.29) is 5.75 Å². The van der Waals surface area contributed by atoms with E-state index in [0.29, 0.717) is 4.88 Å². The number of rotatable bonds is 4. The van der Waals surface area contributed by atoms with Crippen LogP contribution < -0.4 is 5.73 Å². The van der Waals surface area contributed by atoms with Crippen LogP contribution in [0.15, 0.2) is 17.5 Å². The lowest BCUT2D eigenvalue weighted by molar-refractivity contribution is -0.140. The summed E-state index contributed by atoms with van der Waals surface area (Å²) in [6, 6.07) is 3.21. The third-order valence-corrected chi connectivity index (χ3v) is 3.15. The monoisotopic (exact) mass is 231 g/mol. The van der Waals surface area contributed by atoms with Crippen LogP contribution in [0.4, 0.5) is 0 Å². The number of carbonyl (C=O) groups excluding carboxylic acids is 1. The van der Waals surface area contributed by atoms with Gasteiger partial charge in [0.05, 0.1) is 4.88 Å². The molecule has 0 fully saturated rings. The molecule has 0 aliphatic heterocycles. The lowest BCUT2D eigenvalue weighted by Crippen LogP contribution is -2.56. The van der Waals surface area contributed by atoms with Crippen molar-refractivity contribution in [2.24, 2.45) is 5.73 Å². The highest BCUT2D eigenvalue weighted by atomic mass is 32.1. The van der Waals surface area contributed by atoms with Crippen molar-refractivity contribution in [2.75, 3.05) is 5.75 Å². The van der Waals surface area contributed by atoms with E-state index in [2.05, 4.69) is 12.6 Å². The number of thiol groups is 1. The number of carboxylic acids is 1. The van der Waals surface area contributed by atoms with Gasteiger partial charge in [-0.1, -0.05) is 6.07 Å². The summed E-state index contributed by atoms with van der Waals surface area (Å²) in [5.41, 5.74) is 3.53. The van der Waals surface area contributed by atoms with Gasteiger partial charge in [-0.3, -0.25) is 4.79 Å². The number of thiophene rings is 1. The lowest BCUT2D eigenvalue weighted by Gasteiger charge is -2.19. The number of carboxylic acid groups (broad SMARTS) is 1. The minimum Gasteiger partial charge on any atom is -0.480 e. The van der Waals surface area contributed by atoms with Crippen LogP contribution in [0.2, 0.25) is 0 Å². The summed E-state index contributed by atoms with van der Waals surface area (Å²) in [4.78, 5) is 22.8. The Hall–Kier alpha value is -0.850. The van der Waals surface area contributed by atoms with Gasteiger partial charge in [0.15, 0.2) is 5.54 Å². The van der Waals surface area contributed by atoms with Crippen molar-refractivity contribution in [3.05, 3.63) is 22.4 Å². The van der Waals surface area contributed by atoms with Gasteiger partial charge in [0, 0.05) is 5.75 Å². The van der Waals surface area contributed by atoms with Gasteiger partial charge in [0.2, 0.25) is 5.78 Å². The van der Waals surface area contributed by atoms with Crippen molar-refractivity contribution in [2.45, 2.75) is 5.54 Å². The van der Waals surface area contributed by atoms with Crippen molar-refractivity contribution in [3.63, 3.8) is 0 Å².